The first-order chi connectivity index (χ1) is 13.2. The van der Waals surface area contributed by atoms with Crippen LogP contribution in [0.4, 0.5) is 5.69 Å². The van der Waals surface area contributed by atoms with Gasteiger partial charge in [0, 0.05) is 23.7 Å². The zero-order chi connectivity index (χ0) is 18.8. The Bertz CT molecular complexity index is 1050. The maximum absolute atomic E-state index is 13.0. The van der Waals surface area contributed by atoms with Crippen LogP contribution in [0.2, 0.25) is 0 Å². The maximum atomic E-state index is 13.0. The zero-order valence-electron chi connectivity index (χ0n) is 14.8. The molecular weight excluding hydrogens is 336 g/mol. The molecule has 0 unspecified atom stereocenters. The number of aliphatic hydroxyl groups excluding tert-OH is 1. The van der Waals surface area contributed by atoms with Crippen molar-refractivity contribution in [1.82, 2.24) is 0 Å². The van der Waals surface area contributed by atoms with E-state index in [-0.39, 0.29) is 17.1 Å². The van der Waals surface area contributed by atoms with Crippen molar-refractivity contribution in [2.45, 2.75) is 0 Å². The van der Waals surface area contributed by atoms with Crippen LogP contribution in [0, 0.1) is 0 Å². The molecule has 0 saturated heterocycles. The van der Waals surface area contributed by atoms with Gasteiger partial charge >= 0.3 is 0 Å². The van der Waals surface area contributed by atoms with Crippen LogP contribution < -0.4 is 5.01 Å². The monoisotopic (exact) mass is 354 g/mol. The van der Waals surface area contributed by atoms with E-state index >= 15 is 0 Å². The number of ketones is 1. The summed E-state index contributed by atoms with van der Waals surface area (Å²) in [6, 6.07) is 26.2. The number of anilines is 1. The van der Waals surface area contributed by atoms with Crippen molar-refractivity contribution in [3.05, 3.63) is 107 Å². The largest absolute Gasteiger partial charge is 0.506 e. The third kappa shape index (κ3) is 3.02. The summed E-state index contributed by atoms with van der Waals surface area (Å²) < 4.78 is 0. The molecule has 1 aliphatic rings. The van der Waals surface area contributed by atoms with E-state index in [0.29, 0.717) is 16.8 Å². The molecule has 0 spiro atoms. The first-order valence-corrected chi connectivity index (χ1v) is 8.67. The highest BCUT2D eigenvalue weighted by Crippen LogP contribution is 2.33. The van der Waals surface area contributed by atoms with Gasteiger partial charge in [-0.05, 0) is 12.1 Å². The van der Waals surface area contributed by atoms with Crippen molar-refractivity contribution in [1.29, 1.82) is 0 Å². The highest BCUT2D eigenvalue weighted by atomic mass is 16.3. The molecule has 27 heavy (non-hydrogen) atoms. The highest BCUT2D eigenvalue weighted by Gasteiger charge is 2.33. The molecule has 0 heterocycles. The smallest absolute Gasteiger partial charge is 0.199 e. The summed E-state index contributed by atoms with van der Waals surface area (Å²) in [5.74, 6) is -0.244. The summed E-state index contributed by atoms with van der Waals surface area (Å²) in [5, 5.41) is 17.2. The fourth-order valence-corrected chi connectivity index (χ4v) is 3.18. The number of allylic oxidation sites excluding steroid dienone is 1. The molecule has 1 aliphatic carbocycles. The van der Waals surface area contributed by atoms with Crippen LogP contribution in [0.3, 0.4) is 0 Å². The average molecular weight is 354 g/mol. The van der Waals surface area contributed by atoms with Gasteiger partial charge < -0.3 is 5.11 Å². The Morgan fingerprint density at radius 3 is 2.00 bits per heavy atom. The van der Waals surface area contributed by atoms with Crippen molar-refractivity contribution in [3.8, 4) is 0 Å². The van der Waals surface area contributed by atoms with E-state index in [1.807, 2.05) is 67.7 Å². The van der Waals surface area contributed by atoms with Crippen molar-refractivity contribution in [2.75, 3.05) is 12.1 Å². The molecule has 0 bridgehead atoms. The number of nitrogens with zero attached hydrogens (tertiary/aromatic N) is 2. The van der Waals surface area contributed by atoms with Gasteiger partial charge in [-0.25, -0.2) is 0 Å². The fraction of sp³-hybridized carbons (Fsp3) is 0.0435. The lowest BCUT2D eigenvalue weighted by atomic mass is 9.99. The summed E-state index contributed by atoms with van der Waals surface area (Å²) in [7, 11) is 1.82. The molecule has 0 aromatic heterocycles. The van der Waals surface area contributed by atoms with Crippen molar-refractivity contribution < 1.29 is 9.90 Å². The van der Waals surface area contributed by atoms with Crippen molar-refractivity contribution >= 4 is 22.9 Å². The molecule has 3 aromatic carbocycles. The van der Waals surface area contributed by atoms with E-state index in [2.05, 4.69) is 0 Å². The Labute approximate surface area is 157 Å². The first kappa shape index (κ1) is 16.8. The topological polar surface area (TPSA) is 52.9 Å². The number of carbonyl (C=O) groups excluding carboxylic acids is 1. The van der Waals surface area contributed by atoms with Crippen LogP contribution in [-0.4, -0.2) is 23.6 Å². The molecule has 4 nitrogen and oxygen atoms in total. The van der Waals surface area contributed by atoms with E-state index in [4.69, 9.17) is 5.10 Å². The number of Topliss-reactive ketones (excluding diaryl/α,β-unsaturated/α-hetero) is 1. The summed E-state index contributed by atoms with van der Waals surface area (Å²) in [6.45, 7) is 0. The molecule has 0 atom stereocenters. The average Bonchev–Trinajstić information content (AvgIpc) is 2.98. The van der Waals surface area contributed by atoms with Gasteiger partial charge in [0.15, 0.2) is 5.78 Å². The minimum Gasteiger partial charge on any atom is -0.506 e. The SMILES string of the molecule is CN(N=C(C1=C(O)c2ccccc2C1=O)c1ccccc1)c1ccccc1. The predicted molar refractivity (Wildman–Crippen MR) is 108 cm³/mol. The van der Waals surface area contributed by atoms with Gasteiger partial charge in [0.2, 0.25) is 0 Å². The Morgan fingerprint density at radius 2 is 1.37 bits per heavy atom. The summed E-state index contributed by atoms with van der Waals surface area (Å²) in [6.07, 6.45) is 0. The van der Waals surface area contributed by atoms with E-state index < -0.39 is 0 Å². The third-order valence-corrected chi connectivity index (χ3v) is 4.55. The maximum Gasteiger partial charge on any atom is 0.199 e. The molecule has 0 fully saturated rings. The van der Waals surface area contributed by atoms with Gasteiger partial charge in [-0.15, -0.1) is 0 Å². The number of rotatable bonds is 4. The molecule has 4 heteroatoms. The first-order valence-electron chi connectivity index (χ1n) is 8.67. The minimum absolute atomic E-state index is 0.0281. The molecule has 0 aliphatic heterocycles. The molecule has 0 radical (unpaired) electrons. The fourth-order valence-electron chi connectivity index (χ4n) is 3.18. The van der Waals surface area contributed by atoms with Crippen molar-refractivity contribution in [3.63, 3.8) is 0 Å². The second kappa shape index (κ2) is 6.92. The molecule has 132 valence electrons. The van der Waals surface area contributed by atoms with Crippen LogP contribution in [0.5, 0.6) is 0 Å². The summed E-state index contributed by atoms with van der Waals surface area (Å²) in [4.78, 5) is 13.0. The molecule has 3 aromatic rings. The number of para-hydroxylation sites is 1. The van der Waals surface area contributed by atoms with Gasteiger partial charge in [0.25, 0.3) is 0 Å². The lowest BCUT2D eigenvalue weighted by molar-refractivity contribution is 0.104. The second-order valence-corrected chi connectivity index (χ2v) is 6.27. The van der Waals surface area contributed by atoms with Crippen LogP contribution >= 0.6 is 0 Å². The molecular formula is C23H18N2O2. The van der Waals surface area contributed by atoms with Crippen molar-refractivity contribution in [2.24, 2.45) is 5.10 Å². The van der Waals surface area contributed by atoms with E-state index in [9.17, 15) is 9.90 Å². The van der Waals surface area contributed by atoms with Crippen LogP contribution in [0.1, 0.15) is 21.5 Å². The normalized spacial score (nSPS) is 13.7. The number of fused-ring (bicyclic) bond motifs is 1. The van der Waals surface area contributed by atoms with E-state index in [0.717, 1.165) is 11.3 Å². The predicted octanol–water partition coefficient (Wildman–Crippen LogP) is 4.69. The zero-order valence-corrected chi connectivity index (χ0v) is 14.8. The van der Waals surface area contributed by atoms with Crippen LogP contribution in [0.25, 0.3) is 5.76 Å². The van der Waals surface area contributed by atoms with E-state index in [1.165, 1.54) is 0 Å². The Kier molecular flexibility index (Phi) is 4.30. The van der Waals surface area contributed by atoms with Crippen LogP contribution in [-0.2, 0) is 0 Å². The van der Waals surface area contributed by atoms with Gasteiger partial charge in [-0.2, -0.15) is 5.10 Å². The van der Waals surface area contributed by atoms with E-state index in [1.54, 1.807) is 29.3 Å². The number of benzene rings is 3. The number of hydrogen-bond acceptors (Lipinski definition) is 4. The number of carbonyl (C=O) groups is 1. The Morgan fingerprint density at radius 1 is 0.815 bits per heavy atom. The molecule has 4 rings (SSSR count). The van der Waals surface area contributed by atoms with Gasteiger partial charge in [0.05, 0.1) is 11.3 Å². The Hall–Kier alpha value is -3.66. The lowest BCUT2D eigenvalue weighted by Crippen LogP contribution is -2.19. The van der Waals surface area contributed by atoms with Gasteiger partial charge in [-0.3, -0.25) is 9.80 Å². The second-order valence-electron chi connectivity index (χ2n) is 6.27. The van der Waals surface area contributed by atoms with Gasteiger partial charge in [0.1, 0.15) is 11.5 Å². The molecule has 0 saturated carbocycles. The number of hydrogen-bond donors (Lipinski definition) is 1. The number of aliphatic hydroxyl groups is 1. The lowest BCUT2D eigenvalue weighted by Gasteiger charge is -2.16. The third-order valence-electron chi connectivity index (χ3n) is 4.55. The van der Waals surface area contributed by atoms with Gasteiger partial charge in [-0.1, -0.05) is 72.8 Å². The highest BCUT2D eigenvalue weighted by molar-refractivity contribution is 6.39. The molecule has 1 N–H and O–H groups in total. The summed E-state index contributed by atoms with van der Waals surface area (Å²) >= 11 is 0. The Balaban J connectivity index is 1.87. The quantitative estimate of drug-likeness (QED) is 0.546. The minimum atomic E-state index is -0.216. The molecule has 0 amide bonds. The number of hydrazone groups is 1. The standard InChI is InChI=1S/C23H18N2O2/c1-25(17-12-6-3-7-13-17)24-21(16-10-4-2-5-11-16)20-22(26)18-14-8-9-15-19(18)23(20)27/h2-15,26H,1H3. The van der Waals surface area contributed by atoms with Crippen LogP contribution in [0.15, 0.2) is 95.6 Å². The summed E-state index contributed by atoms with van der Waals surface area (Å²) in [5.41, 5.74) is 3.36.